The summed E-state index contributed by atoms with van der Waals surface area (Å²) in [6.45, 7) is 5.40. The fraction of sp³-hybridized carbons (Fsp3) is 0.643. The van der Waals surface area contributed by atoms with Gasteiger partial charge in [-0.25, -0.2) is 0 Å². The fourth-order valence-electron chi connectivity index (χ4n) is 2.33. The predicted molar refractivity (Wildman–Crippen MR) is 72.5 cm³/mol. The lowest BCUT2D eigenvalue weighted by Gasteiger charge is -2.19. The summed E-state index contributed by atoms with van der Waals surface area (Å²) in [6, 6.07) is 3.53. The van der Waals surface area contributed by atoms with E-state index in [-0.39, 0.29) is 5.75 Å². The molecule has 1 aromatic heterocycles. The third kappa shape index (κ3) is 4.63. The number of hydrogen-bond acceptors (Lipinski definition) is 4. The van der Waals surface area contributed by atoms with Crippen molar-refractivity contribution in [3.63, 3.8) is 0 Å². The SMILES string of the molecule is Oc1ccc(CNCCN2CCCCCC2)nc1. The van der Waals surface area contributed by atoms with Crippen molar-refractivity contribution in [2.24, 2.45) is 0 Å². The molecule has 0 radical (unpaired) electrons. The standard InChI is InChI=1S/C14H23N3O/c18-14-6-5-13(16-12-14)11-15-7-10-17-8-3-1-2-4-9-17/h5-6,12,15,18H,1-4,7-11H2. The van der Waals surface area contributed by atoms with Crippen LogP contribution in [0.2, 0.25) is 0 Å². The van der Waals surface area contributed by atoms with Crippen LogP contribution in [0, 0.1) is 0 Å². The number of aromatic hydroxyl groups is 1. The molecule has 4 heteroatoms. The van der Waals surface area contributed by atoms with Crippen LogP contribution >= 0.6 is 0 Å². The van der Waals surface area contributed by atoms with Gasteiger partial charge in [-0.05, 0) is 38.1 Å². The zero-order valence-electron chi connectivity index (χ0n) is 10.9. The van der Waals surface area contributed by atoms with Crippen molar-refractivity contribution < 1.29 is 5.11 Å². The fourth-order valence-corrected chi connectivity index (χ4v) is 2.33. The zero-order chi connectivity index (χ0) is 12.6. The van der Waals surface area contributed by atoms with Crippen molar-refractivity contribution in [1.82, 2.24) is 15.2 Å². The zero-order valence-corrected chi connectivity index (χ0v) is 10.9. The number of nitrogens with one attached hydrogen (secondary N) is 1. The summed E-state index contributed by atoms with van der Waals surface area (Å²) in [7, 11) is 0. The molecule has 1 aliphatic rings. The van der Waals surface area contributed by atoms with E-state index < -0.39 is 0 Å². The molecular formula is C14H23N3O. The van der Waals surface area contributed by atoms with Gasteiger partial charge in [-0.1, -0.05) is 12.8 Å². The molecule has 1 aliphatic heterocycles. The third-order valence-corrected chi connectivity index (χ3v) is 3.42. The van der Waals surface area contributed by atoms with E-state index in [0.717, 1.165) is 25.3 Å². The average Bonchev–Trinajstić information content (AvgIpc) is 2.65. The third-order valence-electron chi connectivity index (χ3n) is 3.42. The molecular weight excluding hydrogens is 226 g/mol. The van der Waals surface area contributed by atoms with Gasteiger partial charge in [-0.2, -0.15) is 0 Å². The summed E-state index contributed by atoms with van der Waals surface area (Å²) in [5.74, 6) is 0.225. The second-order valence-electron chi connectivity index (χ2n) is 4.94. The van der Waals surface area contributed by atoms with Gasteiger partial charge in [0.1, 0.15) is 5.75 Å². The molecule has 1 saturated heterocycles. The number of nitrogens with zero attached hydrogens (tertiary/aromatic N) is 2. The Morgan fingerprint density at radius 3 is 2.61 bits per heavy atom. The smallest absolute Gasteiger partial charge is 0.133 e. The van der Waals surface area contributed by atoms with Gasteiger partial charge in [0, 0.05) is 19.6 Å². The minimum Gasteiger partial charge on any atom is -0.506 e. The topological polar surface area (TPSA) is 48.4 Å². The molecule has 2 rings (SSSR count). The van der Waals surface area contributed by atoms with E-state index in [2.05, 4.69) is 15.2 Å². The van der Waals surface area contributed by atoms with Crippen molar-refractivity contribution >= 4 is 0 Å². The molecule has 0 bridgehead atoms. The van der Waals surface area contributed by atoms with Crippen LogP contribution in [0.1, 0.15) is 31.4 Å². The van der Waals surface area contributed by atoms with Crippen LogP contribution in [-0.4, -0.2) is 41.2 Å². The first-order valence-electron chi connectivity index (χ1n) is 6.91. The highest BCUT2D eigenvalue weighted by atomic mass is 16.3. The molecule has 0 amide bonds. The number of hydrogen-bond donors (Lipinski definition) is 2. The Morgan fingerprint density at radius 1 is 1.17 bits per heavy atom. The van der Waals surface area contributed by atoms with Crippen LogP contribution in [0.3, 0.4) is 0 Å². The summed E-state index contributed by atoms with van der Waals surface area (Å²) in [6.07, 6.45) is 6.97. The van der Waals surface area contributed by atoms with E-state index in [9.17, 15) is 0 Å². The molecule has 1 aromatic rings. The Bertz CT molecular complexity index is 331. The van der Waals surface area contributed by atoms with E-state index in [1.807, 2.05) is 6.07 Å². The van der Waals surface area contributed by atoms with E-state index in [0.29, 0.717) is 0 Å². The van der Waals surface area contributed by atoms with Crippen molar-refractivity contribution in [3.05, 3.63) is 24.0 Å². The molecule has 0 saturated carbocycles. The molecule has 0 aromatic carbocycles. The summed E-state index contributed by atoms with van der Waals surface area (Å²) in [4.78, 5) is 6.70. The minimum absolute atomic E-state index is 0.225. The van der Waals surface area contributed by atoms with Gasteiger partial charge in [-0.3, -0.25) is 4.98 Å². The highest BCUT2D eigenvalue weighted by molar-refractivity contribution is 5.17. The van der Waals surface area contributed by atoms with Crippen LogP contribution in [0.25, 0.3) is 0 Å². The molecule has 2 heterocycles. The van der Waals surface area contributed by atoms with E-state index in [1.165, 1.54) is 45.0 Å². The van der Waals surface area contributed by atoms with Gasteiger partial charge in [0.25, 0.3) is 0 Å². The predicted octanol–water partition coefficient (Wildman–Crippen LogP) is 1.75. The van der Waals surface area contributed by atoms with Crippen molar-refractivity contribution in [2.45, 2.75) is 32.2 Å². The van der Waals surface area contributed by atoms with E-state index in [4.69, 9.17) is 5.11 Å². The molecule has 100 valence electrons. The molecule has 1 fully saturated rings. The van der Waals surface area contributed by atoms with Crippen LogP contribution in [0.4, 0.5) is 0 Å². The van der Waals surface area contributed by atoms with Gasteiger partial charge < -0.3 is 15.3 Å². The van der Waals surface area contributed by atoms with Gasteiger partial charge >= 0.3 is 0 Å². The maximum Gasteiger partial charge on any atom is 0.133 e. The van der Waals surface area contributed by atoms with E-state index in [1.54, 1.807) is 6.07 Å². The summed E-state index contributed by atoms with van der Waals surface area (Å²) < 4.78 is 0. The number of aromatic nitrogens is 1. The van der Waals surface area contributed by atoms with Crippen LogP contribution < -0.4 is 5.32 Å². The monoisotopic (exact) mass is 249 g/mol. The van der Waals surface area contributed by atoms with Gasteiger partial charge in [0.15, 0.2) is 0 Å². The van der Waals surface area contributed by atoms with Gasteiger partial charge in [0.05, 0.1) is 11.9 Å². The maximum atomic E-state index is 9.14. The molecule has 0 atom stereocenters. The Morgan fingerprint density at radius 2 is 1.94 bits per heavy atom. The number of likely N-dealkylation sites (tertiary alicyclic amines) is 1. The quantitative estimate of drug-likeness (QED) is 0.781. The number of rotatable bonds is 5. The van der Waals surface area contributed by atoms with Crippen LogP contribution in [-0.2, 0) is 6.54 Å². The summed E-state index contributed by atoms with van der Waals surface area (Å²) >= 11 is 0. The molecule has 4 nitrogen and oxygen atoms in total. The van der Waals surface area contributed by atoms with Crippen LogP contribution in [0.5, 0.6) is 5.75 Å². The highest BCUT2D eigenvalue weighted by Crippen LogP contribution is 2.09. The molecule has 0 spiro atoms. The molecule has 18 heavy (non-hydrogen) atoms. The molecule has 2 N–H and O–H groups in total. The molecule has 0 unspecified atom stereocenters. The van der Waals surface area contributed by atoms with Gasteiger partial charge in [0.2, 0.25) is 0 Å². The van der Waals surface area contributed by atoms with Crippen LogP contribution in [0.15, 0.2) is 18.3 Å². The second-order valence-corrected chi connectivity index (χ2v) is 4.94. The number of pyridine rings is 1. The van der Waals surface area contributed by atoms with Gasteiger partial charge in [-0.15, -0.1) is 0 Å². The largest absolute Gasteiger partial charge is 0.506 e. The molecule has 0 aliphatic carbocycles. The first kappa shape index (κ1) is 13.3. The lowest BCUT2D eigenvalue weighted by Crippen LogP contribution is -2.32. The first-order valence-corrected chi connectivity index (χ1v) is 6.91. The Hall–Kier alpha value is -1.13. The van der Waals surface area contributed by atoms with Crippen molar-refractivity contribution in [1.29, 1.82) is 0 Å². The Balaban J connectivity index is 1.61. The first-order chi connectivity index (χ1) is 8.84. The summed E-state index contributed by atoms with van der Waals surface area (Å²) in [5.41, 5.74) is 0.976. The average molecular weight is 249 g/mol. The van der Waals surface area contributed by atoms with Crippen molar-refractivity contribution in [3.8, 4) is 5.75 Å². The Kier molecular flexibility index (Phi) is 5.42. The highest BCUT2D eigenvalue weighted by Gasteiger charge is 2.07. The van der Waals surface area contributed by atoms with E-state index >= 15 is 0 Å². The lowest BCUT2D eigenvalue weighted by atomic mass is 10.2. The lowest BCUT2D eigenvalue weighted by molar-refractivity contribution is 0.284. The normalized spacial score (nSPS) is 17.6. The Labute approximate surface area is 109 Å². The minimum atomic E-state index is 0.225. The second kappa shape index (κ2) is 7.34. The maximum absolute atomic E-state index is 9.14. The van der Waals surface area contributed by atoms with Crippen molar-refractivity contribution in [2.75, 3.05) is 26.2 Å². The summed E-state index contributed by atoms with van der Waals surface area (Å²) in [5, 5.41) is 12.5.